The molecule has 0 bridgehead atoms. The maximum Gasteiger partial charge on any atom is 0.375 e. The highest BCUT2D eigenvalue weighted by molar-refractivity contribution is 5.75. The molecule has 0 aromatic carbocycles. The molecule has 1 N–H and O–H groups in total. The summed E-state index contributed by atoms with van der Waals surface area (Å²) in [7, 11) is 0. The molecular weight excluding hydrogens is 196 g/mol. The van der Waals surface area contributed by atoms with E-state index in [4.69, 9.17) is 15.6 Å². The molecule has 0 radical (unpaired) electrons. The largest absolute Gasteiger partial charge is 0.477 e. The van der Waals surface area contributed by atoms with Crippen molar-refractivity contribution < 1.29 is 18.7 Å². The lowest BCUT2D eigenvalue weighted by Crippen LogP contribution is -2.42. The highest BCUT2D eigenvalue weighted by Gasteiger charge is 2.40. The minimum Gasteiger partial charge on any atom is -0.477 e. The van der Waals surface area contributed by atoms with Crippen molar-refractivity contribution in [2.75, 3.05) is 19.6 Å². The second-order valence-corrected chi connectivity index (χ2v) is 2.47. The van der Waals surface area contributed by atoms with E-state index in [0.29, 0.717) is 0 Å². The Morgan fingerprint density at radius 3 is 2.07 bits per heavy atom. The number of hydrogen-bond acceptors (Lipinski definition) is 4. The lowest BCUT2D eigenvalue weighted by atomic mass is 10.3. The van der Waals surface area contributed by atoms with Crippen LogP contribution >= 0.6 is 0 Å². The summed E-state index contributed by atoms with van der Waals surface area (Å²) >= 11 is 0. The molecular formula is C7H7F2N3O2. The highest BCUT2D eigenvalue weighted by Crippen LogP contribution is 2.14. The second kappa shape index (κ2) is 5.10. The molecule has 0 aliphatic carbocycles. The number of aliphatic carboxylic acids is 1. The van der Waals surface area contributed by atoms with Crippen LogP contribution in [0.5, 0.6) is 0 Å². The Labute approximate surface area is 78.8 Å². The van der Waals surface area contributed by atoms with Crippen molar-refractivity contribution in [1.82, 2.24) is 4.90 Å². The normalized spacial score (nSPS) is 10.6. The van der Waals surface area contributed by atoms with Gasteiger partial charge < -0.3 is 5.11 Å². The predicted molar refractivity (Wildman–Crippen MR) is 40.2 cm³/mol. The van der Waals surface area contributed by atoms with Gasteiger partial charge in [-0.1, -0.05) is 0 Å². The van der Waals surface area contributed by atoms with E-state index >= 15 is 0 Å². The van der Waals surface area contributed by atoms with Crippen LogP contribution < -0.4 is 0 Å². The molecule has 0 atom stereocenters. The summed E-state index contributed by atoms with van der Waals surface area (Å²) < 4.78 is 25.2. The summed E-state index contributed by atoms with van der Waals surface area (Å²) in [6.45, 7) is -1.95. The molecule has 0 aliphatic heterocycles. The third-order valence-corrected chi connectivity index (χ3v) is 1.32. The van der Waals surface area contributed by atoms with Crippen LogP contribution in [0.1, 0.15) is 0 Å². The smallest absolute Gasteiger partial charge is 0.375 e. The topological polar surface area (TPSA) is 88.1 Å². The lowest BCUT2D eigenvalue weighted by Gasteiger charge is -2.19. The molecule has 5 nitrogen and oxygen atoms in total. The van der Waals surface area contributed by atoms with Crippen LogP contribution in [0, 0.1) is 22.7 Å². The van der Waals surface area contributed by atoms with E-state index in [-0.39, 0.29) is 0 Å². The average Bonchev–Trinajstić information content (AvgIpc) is 2.04. The second-order valence-electron chi connectivity index (χ2n) is 2.47. The van der Waals surface area contributed by atoms with Gasteiger partial charge in [-0.15, -0.1) is 0 Å². The SMILES string of the molecule is N#CCN(CC#N)CC(F)(F)C(=O)O. The monoisotopic (exact) mass is 203 g/mol. The van der Waals surface area contributed by atoms with Crippen molar-refractivity contribution in [1.29, 1.82) is 10.5 Å². The van der Waals surface area contributed by atoms with Crippen LogP contribution in [0.2, 0.25) is 0 Å². The Kier molecular flexibility index (Phi) is 4.47. The van der Waals surface area contributed by atoms with Gasteiger partial charge >= 0.3 is 11.9 Å². The number of alkyl halides is 2. The third-order valence-electron chi connectivity index (χ3n) is 1.32. The molecule has 76 valence electrons. The fourth-order valence-electron chi connectivity index (χ4n) is 0.716. The first-order chi connectivity index (χ1) is 6.44. The van der Waals surface area contributed by atoms with Crippen LogP contribution in [0.4, 0.5) is 8.78 Å². The van der Waals surface area contributed by atoms with Crippen molar-refractivity contribution in [3.63, 3.8) is 0 Å². The van der Waals surface area contributed by atoms with Gasteiger partial charge in [0.15, 0.2) is 0 Å². The zero-order valence-corrected chi connectivity index (χ0v) is 7.07. The Hall–Kier alpha value is -1.73. The molecule has 0 saturated carbocycles. The van der Waals surface area contributed by atoms with E-state index in [1.807, 2.05) is 0 Å². The quantitative estimate of drug-likeness (QED) is 0.638. The fourth-order valence-corrected chi connectivity index (χ4v) is 0.716. The van der Waals surface area contributed by atoms with Gasteiger partial charge in [0.1, 0.15) is 0 Å². The number of halogens is 2. The van der Waals surface area contributed by atoms with Gasteiger partial charge in [-0.05, 0) is 0 Å². The molecule has 0 saturated heterocycles. The summed E-state index contributed by atoms with van der Waals surface area (Å²) in [5.41, 5.74) is 0. The fraction of sp³-hybridized carbons (Fsp3) is 0.571. The molecule has 0 spiro atoms. The van der Waals surface area contributed by atoms with Crippen LogP contribution in [-0.2, 0) is 4.79 Å². The van der Waals surface area contributed by atoms with E-state index in [0.717, 1.165) is 4.90 Å². The first-order valence-electron chi connectivity index (χ1n) is 3.51. The molecule has 0 aromatic rings. The number of carboxylic acid groups (broad SMARTS) is 1. The third kappa shape index (κ3) is 3.78. The standard InChI is InChI=1S/C7H7F2N3O2/c8-7(9,6(13)14)5-12(3-1-10)4-2-11/h3-5H2,(H,13,14). The summed E-state index contributed by atoms with van der Waals surface area (Å²) in [6.07, 6.45) is 0. The van der Waals surface area contributed by atoms with Gasteiger partial charge in [0, 0.05) is 0 Å². The number of carbonyl (C=O) groups is 1. The van der Waals surface area contributed by atoms with Gasteiger partial charge in [0.25, 0.3) is 0 Å². The molecule has 14 heavy (non-hydrogen) atoms. The Morgan fingerprint density at radius 1 is 1.36 bits per heavy atom. The summed E-state index contributed by atoms with van der Waals surface area (Å²) in [5, 5.41) is 24.5. The molecule has 0 heterocycles. The minimum absolute atomic E-state index is 0.406. The van der Waals surface area contributed by atoms with E-state index < -0.39 is 31.5 Å². The zero-order chi connectivity index (χ0) is 11.2. The molecule has 0 aromatic heterocycles. The van der Waals surface area contributed by atoms with Gasteiger partial charge in [-0.2, -0.15) is 19.3 Å². The van der Waals surface area contributed by atoms with Crippen molar-refractivity contribution in [3.8, 4) is 12.1 Å². The van der Waals surface area contributed by atoms with Gasteiger partial charge in [-0.25, -0.2) is 4.79 Å². The average molecular weight is 203 g/mol. The van der Waals surface area contributed by atoms with E-state index in [1.54, 1.807) is 12.1 Å². The van der Waals surface area contributed by atoms with E-state index in [9.17, 15) is 13.6 Å². The molecule has 7 heteroatoms. The van der Waals surface area contributed by atoms with E-state index in [1.165, 1.54) is 0 Å². The molecule has 0 rings (SSSR count). The van der Waals surface area contributed by atoms with Crippen LogP contribution in [-0.4, -0.2) is 41.5 Å². The first kappa shape index (κ1) is 12.3. The van der Waals surface area contributed by atoms with Crippen LogP contribution in [0.25, 0.3) is 0 Å². The summed E-state index contributed by atoms with van der Waals surface area (Å²) in [6, 6.07) is 3.13. The van der Waals surface area contributed by atoms with Crippen LogP contribution in [0.15, 0.2) is 0 Å². The molecule has 0 fully saturated rings. The minimum atomic E-state index is -3.94. The van der Waals surface area contributed by atoms with Crippen molar-refractivity contribution in [2.24, 2.45) is 0 Å². The lowest BCUT2D eigenvalue weighted by molar-refractivity contribution is -0.167. The summed E-state index contributed by atoms with van der Waals surface area (Å²) in [4.78, 5) is 10.8. The van der Waals surface area contributed by atoms with Crippen LogP contribution in [0.3, 0.4) is 0 Å². The van der Waals surface area contributed by atoms with Crippen molar-refractivity contribution >= 4 is 5.97 Å². The summed E-state index contributed by atoms with van der Waals surface area (Å²) in [5.74, 6) is -6.20. The predicted octanol–water partition coefficient (Wildman–Crippen LogP) is 0.0555. The molecule has 0 unspecified atom stereocenters. The molecule has 0 aliphatic rings. The Morgan fingerprint density at radius 2 is 1.79 bits per heavy atom. The first-order valence-corrected chi connectivity index (χ1v) is 3.51. The van der Waals surface area contributed by atoms with Crippen molar-refractivity contribution in [3.05, 3.63) is 0 Å². The number of carboxylic acids is 1. The number of nitriles is 2. The maximum atomic E-state index is 12.6. The van der Waals surface area contributed by atoms with Gasteiger partial charge in [0.05, 0.1) is 31.8 Å². The number of hydrogen-bond donors (Lipinski definition) is 1. The van der Waals surface area contributed by atoms with Gasteiger partial charge in [0.2, 0.25) is 0 Å². The Bertz CT molecular complexity index is 276. The van der Waals surface area contributed by atoms with E-state index in [2.05, 4.69) is 0 Å². The van der Waals surface area contributed by atoms with Crippen molar-refractivity contribution in [2.45, 2.75) is 5.92 Å². The number of rotatable bonds is 5. The maximum absolute atomic E-state index is 12.6. The Balaban J connectivity index is 4.38. The highest BCUT2D eigenvalue weighted by atomic mass is 19.3. The van der Waals surface area contributed by atoms with Gasteiger partial charge in [-0.3, -0.25) is 4.90 Å². The molecule has 0 amide bonds. The number of nitrogens with zero attached hydrogens (tertiary/aromatic N) is 3. The zero-order valence-electron chi connectivity index (χ0n) is 7.07.